The molecule has 21 heavy (non-hydrogen) atoms. The van der Waals surface area contributed by atoms with Crippen molar-refractivity contribution in [1.82, 2.24) is 9.29 Å². The molecule has 0 spiro atoms. The normalized spacial score (nSPS) is 27.5. The smallest absolute Gasteiger partial charge is 0.246 e. The number of piperidine rings is 1. The highest BCUT2D eigenvalue weighted by Gasteiger charge is 2.38. The fraction of sp³-hybridized carbons (Fsp3) is 0.667. The molecule has 1 aromatic heterocycles. The Labute approximate surface area is 127 Å². The molecule has 118 valence electrons. The maximum Gasteiger partial charge on any atom is 0.246 e. The first-order valence-electron chi connectivity index (χ1n) is 7.57. The van der Waals surface area contributed by atoms with Crippen LogP contribution in [0.3, 0.4) is 0 Å². The predicted octanol–water partition coefficient (Wildman–Crippen LogP) is 2.57. The van der Waals surface area contributed by atoms with Crippen molar-refractivity contribution < 1.29 is 8.42 Å². The van der Waals surface area contributed by atoms with Gasteiger partial charge in [-0.2, -0.15) is 4.31 Å². The van der Waals surface area contributed by atoms with Gasteiger partial charge in [0.25, 0.3) is 0 Å². The van der Waals surface area contributed by atoms with E-state index in [9.17, 15) is 8.42 Å². The van der Waals surface area contributed by atoms with Crippen LogP contribution in [0.1, 0.15) is 34.1 Å². The van der Waals surface area contributed by atoms with Crippen molar-refractivity contribution in [3.63, 3.8) is 0 Å². The van der Waals surface area contributed by atoms with E-state index in [1.54, 1.807) is 16.6 Å². The van der Waals surface area contributed by atoms with Crippen LogP contribution in [0.4, 0.5) is 5.69 Å². The van der Waals surface area contributed by atoms with Crippen LogP contribution in [0.15, 0.2) is 23.4 Å². The molecule has 0 amide bonds. The predicted molar refractivity (Wildman–Crippen MR) is 84.7 cm³/mol. The van der Waals surface area contributed by atoms with Crippen LogP contribution in [-0.4, -0.2) is 36.8 Å². The second kappa shape index (κ2) is 6.32. The van der Waals surface area contributed by atoms with E-state index in [-0.39, 0.29) is 10.9 Å². The van der Waals surface area contributed by atoms with Gasteiger partial charge in [-0.3, -0.25) is 4.98 Å². The lowest BCUT2D eigenvalue weighted by Gasteiger charge is -2.40. The molecule has 0 radical (unpaired) electrons. The summed E-state index contributed by atoms with van der Waals surface area (Å²) in [6, 6.07) is 1.73. The highest BCUT2D eigenvalue weighted by molar-refractivity contribution is 7.89. The van der Waals surface area contributed by atoms with E-state index < -0.39 is 10.0 Å². The van der Waals surface area contributed by atoms with Crippen molar-refractivity contribution in [3.8, 4) is 0 Å². The highest BCUT2D eigenvalue weighted by Crippen LogP contribution is 2.33. The van der Waals surface area contributed by atoms with E-state index in [2.05, 4.69) is 24.1 Å². The van der Waals surface area contributed by atoms with Crippen LogP contribution in [0.2, 0.25) is 0 Å². The van der Waals surface area contributed by atoms with Crippen molar-refractivity contribution in [1.29, 1.82) is 0 Å². The summed E-state index contributed by atoms with van der Waals surface area (Å²) in [7, 11) is -3.52. The minimum Gasteiger partial charge on any atom is -0.384 e. The largest absolute Gasteiger partial charge is 0.384 e. The summed E-state index contributed by atoms with van der Waals surface area (Å²) in [6.45, 7) is 9.43. The van der Waals surface area contributed by atoms with E-state index in [0.717, 1.165) is 6.42 Å². The Bertz CT molecular complexity index is 588. The van der Waals surface area contributed by atoms with Gasteiger partial charge >= 0.3 is 0 Å². The van der Waals surface area contributed by atoms with Crippen LogP contribution >= 0.6 is 0 Å². The molecule has 1 aliphatic heterocycles. The zero-order valence-electron chi connectivity index (χ0n) is 13.2. The number of nitrogens with zero attached hydrogens (tertiary/aromatic N) is 2. The Morgan fingerprint density at radius 2 is 2.10 bits per heavy atom. The van der Waals surface area contributed by atoms with Crippen molar-refractivity contribution >= 4 is 15.7 Å². The number of nitrogens with one attached hydrogen (secondary N) is 1. The van der Waals surface area contributed by atoms with Gasteiger partial charge in [0.15, 0.2) is 0 Å². The van der Waals surface area contributed by atoms with Gasteiger partial charge in [-0.25, -0.2) is 8.42 Å². The fourth-order valence-corrected chi connectivity index (χ4v) is 4.99. The third kappa shape index (κ3) is 3.21. The zero-order valence-corrected chi connectivity index (χ0v) is 14.0. The summed E-state index contributed by atoms with van der Waals surface area (Å²) in [5.74, 6) is 0.744. The van der Waals surface area contributed by atoms with Crippen LogP contribution in [-0.2, 0) is 10.0 Å². The van der Waals surface area contributed by atoms with Crippen molar-refractivity contribution in [2.24, 2.45) is 11.8 Å². The maximum atomic E-state index is 13.0. The van der Waals surface area contributed by atoms with E-state index >= 15 is 0 Å². The molecule has 0 bridgehead atoms. The average molecular weight is 311 g/mol. The molecule has 0 aromatic carbocycles. The SMILES string of the molecule is CCNc1ccncc1S(=O)(=O)N1CC(C)CC(C)C1C. The maximum absolute atomic E-state index is 13.0. The lowest BCUT2D eigenvalue weighted by Crippen LogP contribution is -2.48. The molecule has 1 aromatic rings. The van der Waals surface area contributed by atoms with Gasteiger partial charge in [-0.05, 0) is 38.2 Å². The lowest BCUT2D eigenvalue weighted by molar-refractivity contribution is 0.157. The Morgan fingerprint density at radius 1 is 1.38 bits per heavy atom. The quantitative estimate of drug-likeness (QED) is 0.928. The summed E-state index contributed by atoms with van der Waals surface area (Å²) < 4.78 is 27.7. The van der Waals surface area contributed by atoms with Crippen molar-refractivity contribution in [3.05, 3.63) is 18.5 Å². The van der Waals surface area contributed by atoms with Gasteiger partial charge in [-0.1, -0.05) is 13.8 Å². The van der Waals surface area contributed by atoms with Crippen LogP contribution in [0.5, 0.6) is 0 Å². The minimum absolute atomic E-state index is 0.0147. The first-order chi connectivity index (χ1) is 9.87. The first kappa shape index (κ1) is 16.2. The monoisotopic (exact) mass is 311 g/mol. The van der Waals surface area contributed by atoms with E-state index in [0.29, 0.717) is 30.6 Å². The van der Waals surface area contributed by atoms with Gasteiger partial charge < -0.3 is 5.32 Å². The van der Waals surface area contributed by atoms with Gasteiger partial charge in [0.05, 0.1) is 5.69 Å². The molecule has 1 saturated heterocycles. The standard InChI is InChI=1S/C15H25N3O2S/c1-5-17-14-6-7-16-9-15(14)21(19,20)18-10-11(2)8-12(3)13(18)4/h6-7,9,11-13H,5,8,10H2,1-4H3,(H,16,17). The van der Waals surface area contributed by atoms with Gasteiger partial charge in [0.1, 0.15) is 4.90 Å². The number of rotatable bonds is 4. The molecule has 1 N–H and O–H groups in total. The molecule has 1 fully saturated rings. The molecule has 0 aliphatic carbocycles. The number of hydrogen-bond donors (Lipinski definition) is 1. The summed E-state index contributed by atoms with van der Waals surface area (Å²) in [4.78, 5) is 4.28. The Morgan fingerprint density at radius 3 is 2.76 bits per heavy atom. The molecule has 2 heterocycles. The topological polar surface area (TPSA) is 62.3 Å². The van der Waals surface area contributed by atoms with E-state index in [4.69, 9.17) is 0 Å². The summed E-state index contributed by atoms with van der Waals surface area (Å²) in [5, 5.41) is 3.11. The molecule has 2 rings (SSSR count). The van der Waals surface area contributed by atoms with Crippen molar-refractivity contribution in [2.45, 2.75) is 45.1 Å². The molecule has 0 saturated carbocycles. The first-order valence-corrected chi connectivity index (χ1v) is 9.01. The van der Waals surface area contributed by atoms with E-state index in [1.807, 2.05) is 13.8 Å². The third-order valence-corrected chi connectivity index (χ3v) is 6.26. The highest BCUT2D eigenvalue weighted by atomic mass is 32.2. The summed E-state index contributed by atoms with van der Waals surface area (Å²) in [5.41, 5.74) is 0.630. The second-order valence-corrected chi connectivity index (χ2v) is 7.89. The number of pyridine rings is 1. The average Bonchev–Trinajstić information content (AvgIpc) is 2.43. The molecular weight excluding hydrogens is 286 g/mol. The molecular formula is C15H25N3O2S. The lowest BCUT2D eigenvalue weighted by atomic mass is 9.88. The van der Waals surface area contributed by atoms with Crippen LogP contribution < -0.4 is 5.32 Å². The number of aromatic nitrogens is 1. The summed E-state index contributed by atoms with van der Waals surface area (Å²) >= 11 is 0. The Balaban J connectivity index is 2.42. The second-order valence-electron chi connectivity index (χ2n) is 6.04. The summed E-state index contributed by atoms with van der Waals surface area (Å²) in [6.07, 6.45) is 4.13. The number of anilines is 1. The minimum atomic E-state index is -3.52. The zero-order chi connectivity index (χ0) is 15.6. The molecule has 3 unspecified atom stereocenters. The van der Waals surface area contributed by atoms with Crippen LogP contribution in [0.25, 0.3) is 0 Å². The number of hydrogen-bond acceptors (Lipinski definition) is 4. The van der Waals surface area contributed by atoms with Crippen LogP contribution in [0, 0.1) is 11.8 Å². The molecule has 1 aliphatic rings. The van der Waals surface area contributed by atoms with Crippen molar-refractivity contribution in [2.75, 3.05) is 18.4 Å². The van der Waals surface area contributed by atoms with Gasteiger partial charge in [0.2, 0.25) is 10.0 Å². The van der Waals surface area contributed by atoms with Gasteiger partial charge in [-0.15, -0.1) is 0 Å². The fourth-order valence-electron chi connectivity index (χ4n) is 3.03. The Kier molecular flexibility index (Phi) is 4.88. The number of sulfonamides is 1. The molecule has 3 atom stereocenters. The third-order valence-electron chi connectivity index (χ3n) is 4.28. The van der Waals surface area contributed by atoms with Gasteiger partial charge in [0, 0.05) is 31.5 Å². The Hall–Kier alpha value is -1.14. The van der Waals surface area contributed by atoms with E-state index in [1.165, 1.54) is 6.20 Å². The molecule has 6 heteroatoms. The molecule has 5 nitrogen and oxygen atoms in total.